The van der Waals surface area contributed by atoms with Crippen LogP contribution in [0.1, 0.15) is 6.92 Å². The number of carbonyl (C=O) groups is 1. The molecule has 1 rings (SSSR count). The normalized spacial score (nSPS) is 26.9. The van der Waals surface area contributed by atoms with Crippen LogP contribution >= 0.6 is 7.74 Å². The quantitative estimate of drug-likeness (QED) is 0.318. The second-order valence-electron chi connectivity index (χ2n) is 1.54. The van der Waals surface area contributed by atoms with Crippen LogP contribution in [0.15, 0.2) is 0 Å². The molecule has 0 bridgehead atoms. The largest absolute Gasteiger partial charge is 0 e. The molecule has 0 spiro atoms. The third-order valence-corrected chi connectivity index (χ3v) is 2.48. The maximum absolute atomic E-state index is 9.75. The predicted molar refractivity (Wildman–Crippen MR) is 30.1 cm³/mol. The Hall–Kier alpha value is 0.272. The molecule has 1 aliphatic rings. The van der Waals surface area contributed by atoms with E-state index < -0.39 is 7.74 Å². The third-order valence-electron chi connectivity index (χ3n) is 0.827. The van der Waals surface area contributed by atoms with Crippen LogP contribution in [-0.4, -0.2) is 18.0 Å². The van der Waals surface area contributed by atoms with E-state index in [-0.39, 0.29) is 30.4 Å². The summed E-state index contributed by atoms with van der Waals surface area (Å²) in [6.45, 7) is 1.76. The Labute approximate surface area is 73.8 Å². The first-order chi connectivity index (χ1) is 4.63. The summed E-state index contributed by atoms with van der Waals surface area (Å²) in [5.41, 5.74) is 0. The zero-order valence-corrected chi connectivity index (χ0v) is 7.80. The van der Waals surface area contributed by atoms with Gasteiger partial charge in [-0.1, -0.05) is 0 Å². The molecule has 1 aliphatic heterocycles. The molecule has 66 valence electrons. The molecule has 0 radical (unpaired) electrons. The van der Waals surface area contributed by atoms with Crippen molar-refractivity contribution in [1.82, 2.24) is 0 Å². The van der Waals surface area contributed by atoms with E-state index >= 15 is 0 Å². The average molecular weight is 222 g/mol. The Kier molecular flexibility index (Phi) is 3.42. The van der Waals surface area contributed by atoms with Gasteiger partial charge in [-0.25, -0.2) is 0 Å². The molecule has 0 aromatic carbocycles. The van der Waals surface area contributed by atoms with Gasteiger partial charge in [0.1, 0.15) is 0 Å². The summed E-state index contributed by atoms with van der Waals surface area (Å²) in [6, 6.07) is 0. The van der Waals surface area contributed by atoms with Gasteiger partial charge in [0.2, 0.25) is 0 Å². The molecule has 1 fully saturated rings. The first-order valence-electron chi connectivity index (χ1n) is 2.56. The second kappa shape index (κ2) is 3.34. The maximum atomic E-state index is 9.75. The molecule has 1 N–H and O–H groups in total. The predicted octanol–water partition coefficient (Wildman–Crippen LogP) is 0.276. The molecular formula is C3H7CrO6P. The van der Waals surface area contributed by atoms with Gasteiger partial charge in [-0.2, -0.15) is 0 Å². The first kappa shape index (κ1) is 11.3. The van der Waals surface area contributed by atoms with Crippen molar-refractivity contribution in [3.8, 4) is 0 Å². The molecule has 0 unspecified atom stereocenters. The fraction of sp³-hybridized carbons (Fsp3) is 0.667. The molecule has 8 heteroatoms. The van der Waals surface area contributed by atoms with Crippen LogP contribution in [0.25, 0.3) is 0 Å². The van der Waals surface area contributed by atoms with Crippen molar-refractivity contribution in [1.29, 1.82) is 0 Å². The van der Waals surface area contributed by atoms with Gasteiger partial charge in [0.25, 0.3) is 0 Å². The van der Waals surface area contributed by atoms with E-state index in [9.17, 15) is 4.79 Å². The van der Waals surface area contributed by atoms with Gasteiger partial charge in [-0.3, -0.25) is 0 Å². The van der Waals surface area contributed by atoms with E-state index in [4.69, 9.17) is 4.89 Å². The first-order valence-corrected chi connectivity index (χ1v) is 4.42. The summed E-state index contributed by atoms with van der Waals surface area (Å²) in [7, 11) is -4.28. The van der Waals surface area contributed by atoms with Gasteiger partial charge < -0.3 is 0 Å². The Morgan fingerprint density at radius 3 is 2.45 bits per heavy atom. The van der Waals surface area contributed by atoms with Crippen molar-refractivity contribution in [2.24, 2.45) is 0 Å². The fourth-order valence-electron chi connectivity index (χ4n) is 0.439. The van der Waals surface area contributed by atoms with Crippen molar-refractivity contribution in [3.63, 3.8) is 0 Å². The zero-order chi connectivity index (χ0) is 7.69. The standard InChI is InChI=1S/C3H7O6P.Cr/c1-2-6-10(5,7-3-4)8-9-10;/h3,5H,2H2,1H3;. The number of rotatable bonds is 4. The van der Waals surface area contributed by atoms with E-state index in [0.717, 1.165) is 0 Å². The summed E-state index contributed by atoms with van der Waals surface area (Å²) >= 11 is 0. The SMILES string of the molecule is CCOP1(O)(OC=O)OO1.[Cr]. The van der Waals surface area contributed by atoms with Crippen molar-refractivity contribution >= 4 is 14.2 Å². The Bertz CT molecular complexity index is 158. The topological polar surface area (TPSA) is 80.8 Å². The van der Waals surface area contributed by atoms with E-state index in [2.05, 4.69) is 18.4 Å². The molecule has 1 saturated heterocycles. The van der Waals surface area contributed by atoms with Gasteiger partial charge in [-0.05, 0) is 0 Å². The minimum atomic E-state index is -4.28. The van der Waals surface area contributed by atoms with Gasteiger partial charge in [-0.15, -0.1) is 0 Å². The van der Waals surface area contributed by atoms with Crippen LogP contribution in [-0.2, 0) is 40.6 Å². The van der Waals surface area contributed by atoms with Crippen molar-refractivity contribution in [2.75, 3.05) is 6.61 Å². The smallest absolute Gasteiger partial charge is 0 e. The van der Waals surface area contributed by atoms with Crippen LogP contribution in [0.5, 0.6) is 0 Å². The summed E-state index contributed by atoms with van der Waals surface area (Å²) in [4.78, 5) is 18.9. The van der Waals surface area contributed by atoms with Gasteiger partial charge in [0.05, 0.1) is 0 Å². The van der Waals surface area contributed by atoms with E-state index in [1.54, 1.807) is 6.92 Å². The third kappa shape index (κ3) is 2.36. The number of hydrogen-bond acceptors (Lipinski definition) is 6. The van der Waals surface area contributed by atoms with Gasteiger partial charge >= 0.3 is 55.8 Å². The van der Waals surface area contributed by atoms with Gasteiger partial charge in [0, 0.05) is 17.4 Å². The van der Waals surface area contributed by atoms with E-state index in [1.165, 1.54) is 0 Å². The Morgan fingerprint density at radius 1 is 1.64 bits per heavy atom. The van der Waals surface area contributed by atoms with Crippen molar-refractivity contribution in [2.45, 2.75) is 6.92 Å². The van der Waals surface area contributed by atoms with E-state index in [0.29, 0.717) is 0 Å². The van der Waals surface area contributed by atoms with Crippen molar-refractivity contribution in [3.05, 3.63) is 0 Å². The molecule has 0 amide bonds. The Morgan fingerprint density at radius 2 is 2.18 bits per heavy atom. The maximum Gasteiger partial charge on any atom is 0 e. The van der Waals surface area contributed by atoms with Crippen LogP contribution < -0.4 is 0 Å². The van der Waals surface area contributed by atoms with Crippen molar-refractivity contribution < 1.29 is 45.4 Å². The zero-order valence-electron chi connectivity index (χ0n) is 5.63. The summed E-state index contributed by atoms with van der Waals surface area (Å²) in [5, 5.41) is 0. The van der Waals surface area contributed by atoms with E-state index in [1.807, 2.05) is 0 Å². The molecule has 0 atom stereocenters. The summed E-state index contributed by atoms with van der Waals surface area (Å²) in [5.74, 6) is 0. The minimum Gasteiger partial charge on any atom is 0 e. The molecule has 11 heavy (non-hydrogen) atoms. The van der Waals surface area contributed by atoms with Crippen LogP contribution in [0.2, 0.25) is 0 Å². The average Bonchev–Trinajstić information content (AvgIpc) is 2.47. The number of hydrogen-bond donors (Lipinski definition) is 1. The molecule has 0 aliphatic carbocycles. The van der Waals surface area contributed by atoms with Crippen LogP contribution in [0.3, 0.4) is 0 Å². The molecule has 0 aromatic rings. The number of carbonyl (C=O) groups excluding carboxylic acids is 1. The molecule has 0 saturated carbocycles. The minimum absolute atomic E-state index is 0. The second-order valence-corrected chi connectivity index (χ2v) is 3.86. The molecule has 6 nitrogen and oxygen atoms in total. The monoisotopic (exact) mass is 222 g/mol. The molecular weight excluding hydrogens is 215 g/mol. The molecule has 1 heterocycles. The Balaban J connectivity index is 0.000001000. The van der Waals surface area contributed by atoms with Gasteiger partial charge in [0.15, 0.2) is 0 Å². The fourth-order valence-corrected chi connectivity index (χ4v) is 1.57. The van der Waals surface area contributed by atoms with Crippen LogP contribution in [0, 0.1) is 0 Å². The van der Waals surface area contributed by atoms with Crippen LogP contribution in [0.4, 0.5) is 0 Å². The molecule has 0 aromatic heterocycles. The summed E-state index contributed by atoms with van der Waals surface area (Å²) < 4.78 is 16.8. The summed E-state index contributed by atoms with van der Waals surface area (Å²) in [6.07, 6.45) is 0.